The number of hydrogen-bond donors (Lipinski definition) is 0. The Morgan fingerprint density at radius 2 is 2.21 bits per heavy atom. The second-order valence-corrected chi connectivity index (χ2v) is 4.50. The molecule has 0 saturated heterocycles. The maximum Gasteiger partial charge on any atom is 0.171 e. The highest BCUT2D eigenvalue weighted by Gasteiger charge is 2.16. The summed E-state index contributed by atoms with van der Waals surface area (Å²) in [7, 11) is 1.61. The van der Waals surface area contributed by atoms with E-state index in [1.165, 1.54) is 11.3 Å². The van der Waals surface area contributed by atoms with Crippen molar-refractivity contribution in [2.45, 2.75) is 33.3 Å². The summed E-state index contributed by atoms with van der Waals surface area (Å²) in [6, 6.07) is 0. The van der Waals surface area contributed by atoms with Crippen molar-refractivity contribution >= 4 is 17.1 Å². The van der Waals surface area contributed by atoms with E-state index in [0.717, 1.165) is 15.6 Å². The summed E-state index contributed by atoms with van der Waals surface area (Å²) in [6.45, 7) is 6.12. The van der Waals surface area contributed by atoms with Crippen LogP contribution >= 0.6 is 11.3 Å². The molecule has 1 aromatic heterocycles. The predicted octanol–water partition coefficient (Wildman–Crippen LogP) is 2.62. The van der Waals surface area contributed by atoms with Gasteiger partial charge in [-0.15, -0.1) is 11.3 Å². The van der Waals surface area contributed by atoms with Gasteiger partial charge < -0.3 is 4.74 Å². The molecule has 0 bridgehead atoms. The first-order valence-corrected chi connectivity index (χ1v) is 5.37. The second kappa shape index (κ2) is 4.66. The Morgan fingerprint density at radius 3 is 2.64 bits per heavy atom. The Balaban J connectivity index is 3.05. The van der Waals surface area contributed by atoms with E-state index in [1.807, 2.05) is 0 Å². The molecule has 0 aliphatic heterocycles. The first-order chi connectivity index (χ1) is 6.56. The number of aromatic nitrogens is 1. The number of carbonyl (C=O) groups excluding carboxylic acids is 1. The number of Topliss-reactive ketones (excluding diaryl/α,β-unsaturated/α-hetero) is 1. The molecule has 0 radical (unpaired) electrons. The lowest BCUT2D eigenvalue weighted by molar-refractivity contribution is 0.101. The highest BCUT2D eigenvalue weighted by atomic mass is 32.1. The van der Waals surface area contributed by atoms with Gasteiger partial charge in [0.2, 0.25) is 0 Å². The Morgan fingerprint density at radius 1 is 1.57 bits per heavy atom. The summed E-state index contributed by atoms with van der Waals surface area (Å²) in [6.07, 6.45) is 0. The molecule has 1 rings (SSSR count). The smallest absolute Gasteiger partial charge is 0.171 e. The number of nitrogens with zero attached hydrogens (tertiary/aromatic N) is 1. The SMILES string of the molecule is COCc1nc(C(C)C)sc1C(C)=O. The number of ether oxygens (including phenoxy) is 1. The predicted molar refractivity (Wildman–Crippen MR) is 56.9 cm³/mol. The van der Waals surface area contributed by atoms with Gasteiger partial charge in [0.05, 0.1) is 22.2 Å². The van der Waals surface area contributed by atoms with Crippen molar-refractivity contribution in [1.29, 1.82) is 0 Å². The number of thiazole rings is 1. The van der Waals surface area contributed by atoms with Crippen LogP contribution in [0.2, 0.25) is 0 Å². The van der Waals surface area contributed by atoms with Gasteiger partial charge >= 0.3 is 0 Å². The number of methoxy groups -OCH3 is 1. The maximum atomic E-state index is 11.3. The molecule has 1 heterocycles. The molecule has 0 fully saturated rings. The minimum atomic E-state index is 0.0708. The van der Waals surface area contributed by atoms with Crippen LogP contribution in [0.15, 0.2) is 0 Å². The lowest BCUT2D eigenvalue weighted by atomic mass is 10.2. The number of ketones is 1. The van der Waals surface area contributed by atoms with Crippen molar-refractivity contribution in [3.8, 4) is 0 Å². The third-order valence-electron chi connectivity index (χ3n) is 1.81. The van der Waals surface area contributed by atoms with Crippen LogP contribution in [-0.2, 0) is 11.3 Å². The van der Waals surface area contributed by atoms with Crippen molar-refractivity contribution in [3.05, 3.63) is 15.6 Å². The highest BCUT2D eigenvalue weighted by Crippen LogP contribution is 2.25. The van der Waals surface area contributed by atoms with Gasteiger partial charge in [-0.3, -0.25) is 4.79 Å². The van der Waals surface area contributed by atoms with Crippen LogP contribution in [0.4, 0.5) is 0 Å². The topological polar surface area (TPSA) is 39.2 Å². The molecule has 3 nitrogen and oxygen atoms in total. The molecule has 14 heavy (non-hydrogen) atoms. The largest absolute Gasteiger partial charge is 0.378 e. The lowest BCUT2D eigenvalue weighted by Crippen LogP contribution is -1.97. The molecule has 0 atom stereocenters. The zero-order valence-electron chi connectivity index (χ0n) is 8.96. The van der Waals surface area contributed by atoms with Crippen LogP contribution in [-0.4, -0.2) is 17.9 Å². The standard InChI is InChI=1S/C10H15NO2S/c1-6(2)10-11-8(5-13-4)9(14-10)7(3)12/h6H,5H2,1-4H3. The van der Waals surface area contributed by atoms with Crippen molar-refractivity contribution in [3.63, 3.8) is 0 Å². The maximum absolute atomic E-state index is 11.3. The summed E-state index contributed by atoms with van der Waals surface area (Å²) in [5.41, 5.74) is 0.772. The van der Waals surface area contributed by atoms with E-state index < -0.39 is 0 Å². The van der Waals surface area contributed by atoms with Crippen molar-refractivity contribution in [2.75, 3.05) is 7.11 Å². The molecule has 0 N–H and O–H groups in total. The molecule has 1 aromatic rings. The van der Waals surface area contributed by atoms with E-state index in [1.54, 1.807) is 14.0 Å². The Hall–Kier alpha value is -0.740. The van der Waals surface area contributed by atoms with Gasteiger partial charge in [-0.25, -0.2) is 4.98 Å². The number of carbonyl (C=O) groups is 1. The first-order valence-electron chi connectivity index (χ1n) is 4.55. The van der Waals surface area contributed by atoms with Crippen molar-refractivity contribution in [1.82, 2.24) is 4.98 Å². The third kappa shape index (κ3) is 2.39. The molecule has 78 valence electrons. The second-order valence-electron chi connectivity index (χ2n) is 3.47. The van der Waals surface area contributed by atoms with E-state index in [-0.39, 0.29) is 5.78 Å². The van der Waals surface area contributed by atoms with E-state index >= 15 is 0 Å². The summed E-state index contributed by atoms with van der Waals surface area (Å²) < 4.78 is 5.00. The molecule has 0 unspecified atom stereocenters. The van der Waals surface area contributed by atoms with Crippen molar-refractivity contribution < 1.29 is 9.53 Å². The van der Waals surface area contributed by atoms with E-state index in [2.05, 4.69) is 18.8 Å². The van der Waals surface area contributed by atoms with E-state index in [0.29, 0.717) is 12.5 Å². The number of rotatable bonds is 4. The lowest BCUT2D eigenvalue weighted by Gasteiger charge is -1.96. The minimum Gasteiger partial charge on any atom is -0.378 e. The molecular weight excluding hydrogens is 198 g/mol. The van der Waals surface area contributed by atoms with Crippen LogP contribution < -0.4 is 0 Å². The normalized spacial score (nSPS) is 10.9. The van der Waals surface area contributed by atoms with Crippen LogP contribution in [0.3, 0.4) is 0 Å². The van der Waals surface area contributed by atoms with Gasteiger partial charge in [0, 0.05) is 20.0 Å². The Bertz CT molecular complexity index is 331. The average molecular weight is 213 g/mol. The molecule has 0 spiro atoms. The summed E-state index contributed by atoms with van der Waals surface area (Å²) in [4.78, 5) is 16.4. The fourth-order valence-corrected chi connectivity index (χ4v) is 2.09. The van der Waals surface area contributed by atoms with Crippen LogP contribution in [0.25, 0.3) is 0 Å². The highest BCUT2D eigenvalue weighted by molar-refractivity contribution is 7.13. The van der Waals surface area contributed by atoms with Crippen LogP contribution in [0.5, 0.6) is 0 Å². The van der Waals surface area contributed by atoms with Gasteiger partial charge in [0.25, 0.3) is 0 Å². The monoisotopic (exact) mass is 213 g/mol. The summed E-state index contributed by atoms with van der Waals surface area (Å²) >= 11 is 1.47. The van der Waals surface area contributed by atoms with Crippen LogP contribution in [0, 0.1) is 0 Å². The zero-order valence-corrected chi connectivity index (χ0v) is 9.77. The number of hydrogen-bond acceptors (Lipinski definition) is 4. The molecular formula is C10H15NO2S. The molecule has 0 aliphatic carbocycles. The van der Waals surface area contributed by atoms with Crippen LogP contribution in [0.1, 0.15) is 47.1 Å². The Labute approximate surface area is 88.1 Å². The van der Waals surface area contributed by atoms with Gasteiger partial charge in [-0.05, 0) is 0 Å². The zero-order chi connectivity index (χ0) is 10.7. The average Bonchev–Trinajstić information content (AvgIpc) is 2.49. The van der Waals surface area contributed by atoms with Gasteiger partial charge in [0.15, 0.2) is 5.78 Å². The minimum absolute atomic E-state index is 0.0708. The quantitative estimate of drug-likeness (QED) is 0.722. The van der Waals surface area contributed by atoms with Gasteiger partial charge in [0.1, 0.15) is 0 Å². The Kier molecular flexibility index (Phi) is 3.77. The van der Waals surface area contributed by atoms with E-state index in [4.69, 9.17) is 4.74 Å². The summed E-state index contributed by atoms with van der Waals surface area (Å²) in [5, 5.41) is 1.00. The molecule has 4 heteroatoms. The third-order valence-corrected chi connectivity index (χ3v) is 3.31. The fraction of sp³-hybridized carbons (Fsp3) is 0.600. The van der Waals surface area contributed by atoms with Gasteiger partial charge in [-0.2, -0.15) is 0 Å². The molecule has 0 aliphatic rings. The van der Waals surface area contributed by atoms with Crippen molar-refractivity contribution in [2.24, 2.45) is 0 Å². The molecule has 0 aromatic carbocycles. The summed E-state index contributed by atoms with van der Waals surface area (Å²) in [5.74, 6) is 0.435. The molecule has 0 amide bonds. The fourth-order valence-electron chi connectivity index (χ4n) is 1.13. The van der Waals surface area contributed by atoms with Gasteiger partial charge in [-0.1, -0.05) is 13.8 Å². The van der Waals surface area contributed by atoms with E-state index in [9.17, 15) is 4.79 Å². The first kappa shape index (κ1) is 11.3. The molecule has 0 saturated carbocycles.